The minimum Gasteiger partial charge on any atom is -0.325 e. The van der Waals surface area contributed by atoms with Crippen molar-refractivity contribution in [2.24, 2.45) is 11.7 Å². The Bertz CT molecular complexity index is 352. The van der Waals surface area contributed by atoms with Crippen molar-refractivity contribution in [3.63, 3.8) is 0 Å². The molecule has 1 rings (SSSR count). The molecule has 4 heteroatoms. The largest absolute Gasteiger partial charge is 0.325 e. The van der Waals surface area contributed by atoms with Crippen LogP contribution in [0.25, 0.3) is 0 Å². The van der Waals surface area contributed by atoms with E-state index < -0.39 is 6.04 Å². The SMILES string of the molecule is CC(C)C(N)C(=O)Nc1cccc(Cl)c1. The lowest BCUT2D eigenvalue weighted by molar-refractivity contribution is -0.118. The molecule has 0 saturated heterocycles. The average molecular weight is 227 g/mol. The Morgan fingerprint density at radius 1 is 1.47 bits per heavy atom. The van der Waals surface area contributed by atoms with E-state index in [9.17, 15) is 4.79 Å². The number of halogens is 1. The van der Waals surface area contributed by atoms with E-state index in [1.54, 1.807) is 24.3 Å². The number of benzene rings is 1. The van der Waals surface area contributed by atoms with Crippen LogP contribution in [-0.4, -0.2) is 11.9 Å². The fourth-order valence-electron chi connectivity index (χ4n) is 1.09. The number of hydrogen-bond donors (Lipinski definition) is 2. The number of carbonyl (C=O) groups excluding carboxylic acids is 1. The Kier molecular flexibility index (Phi) is 4.12. The van der Waals surface area contributed by atoms with E-state index in [0.717, 1.165) is 0 Å². The van der Waals surface area contributed by atoms with E-state index in [4.69, 9.17) is 17.3 Å². The van der Waals surface area contributed by atoms with Gasteiger partial charge in [-0.05, 0) is 24.1 Å². The second-order valence-electron chi connectivity index (χ2n) is 3.77. The molecule has 0 aliphatic rings. The van der Waals surface area contributed by atoms with Crippen LogP contribution in [0.1, 0.15) is 13.8 Å². The van der Waals surface area contributed by atoms with Gasteiger partial charge >= 0.3 is 0 Å². The predicted molar refractivity (Wildman–Crippen MR) is 62.9 cm³/mol. The van der Waals surface area contributed by atoms with Crippen LogP contribution in [0.3, 0.4) is 0 Å². The van der Waals surface area contributed by atoms with E-state index >= 15 is 0 Å². The summed E-state index contributed by atoms with van der Waals surface area (Å²) in [4.78, 5) is 11.6. The molecule has 0 saturated carbocycles. The first kappa shape index (κ1) is 12.0. The lowest BCUT2D eigenvalue weighted by Crippen LogP contribution is -2.39. The summed E-state index contributed by atoms with van der Waals surface area (Å²) in [5.74, 6) is -0.0727. The van der Waals surface area contributed by atoms with Gasteiger partial charge in [-0.15, -0.1) is 0 Å². The molecule has 0 radical (unpaired) electrons. The molecule has 1 aromatic carbocycles. The van der Waals surface area contributed by atoms with Crippen LogP contribution in [0.2, 0.25) is 5.02 Å². The number of carbonyl (C=O) groups is 1. The first-order valence-electron chi connectivity index (χ1n) is 4.82. The molecule has 0 fully saturated rings. The molecule has 0 aromatic heterocycles. The zero-order valence-corrected chi connectivity index (χ0v) is 9.58. The van der Waals surface area contributed by atoms with Gasteiger partial charge < -0.3 is 11.1 Å². The van der Waals surface area contributed by atoms with Crippen molar-refractivity contribution < 1.29 is 4.79 Å². The zero-order valence-electron chi connectivity index (χ0n) is 8.83. The van der Waals surface area contributed by atoms with E-state index in [1.807, 2.05) is 13.8 Å². The lowest BCUT2D eigenvalue weighted by atomic mass is 10.1. The molecular weight excluding hydrogens is 212 g/mol. The second-order valence-corrected chi connectivity index (χ2v) is 4.21. The monoisotopic (exact) mass is 226 g/mol. The van der Waals surface area contributed by atoms with Crippen LogP contribution >= 0.6 is 11.6 Å². The van der Waals surface area contributed by atoms with Crippen LogP contribution in [0.5, 0.6) is 0 Å². The topological polar surface area (TPSA) is 55.1 Å². The number of anilines is 1. The highest BCUT2D eigenvalue weighted by atomic mass is 35.5. The molecule has 0 spiro atoms. The number of nitrogens with two attached hydrogens (primary N) is 1. The third-order valence-electron chi connectivity index (χ3n) is 2.11. The van der Waals surface area contributed by atoms with Crippen LogP contribution in [-0.2, 0) is 4.79 Å². The maximum absolute atomic E-state index is 11.6. The summed E-state index contributed by atoms with van der Waals surface area (Å²) in [5, 5.41) is 3.30. The minimum absolute atomic E-state index is 0.115. The quantitative estimate of drug-likeness (QED) is 0.831. The van der Waals surface area contributed by atoms with Gasteiger partial charge in [-0.1, -0.05) is 31.5 Å². The first-order valence-corrected chi connectivity index (χ1v) is 5.20. The van der Waals surface area contributed by atoms with Gasteiger partial charge in [0.1, 0.15) is 0 Å². The van der Waals surface area contributed by atoms with Gasteiger partial charge in [0.25, 0.3) is 0 Å². The molecule has 1 amide bonds. The van der Waals surface area contributed by atoms with Gasteiger partial charge in [-0.2, -0.15) is 0 Å². The van der Waals surface area contributed by atoms with Gasteiger partial charge in [0.05, 0.1) is 6.04 Å². The fourth-order valence-corrected chi connectivity index (χ4v) is 1.28. The molecule has 3 nitrogen and oxygen atoms in total. The molecule has 0 aliphatic heterocycles. The highest BCUT2D eigenvalue weighted by Gasteiger charge is 2.16. The van der Waals surface area contributed by atoms with Crippen molar-refractivity contribution in [1.82, 2.24) is 0 Å². The average Bonchev–Trinajstić information content (AvgIpc) is 2.16. The molecule has 0 heterocycles. The standard InChI is InChI=1S/C11H15ClN2O/c1-7(2)10(13)11(15)14-9-5-3-4-8(12)6-9/h3-7,10H,13H2,1-2H3,(H,14,15). The van der Waals surface area contributed by atoms with Crippen molar-refractivity contribution in [3.8, 4) is 0 Å². The Balaban J connectivity index is 2.66. The van der Waals surface area contributed by atoms with E-state index in [-0.39, 0.29) is 11.8 Å². The van der Waals surface area contributed by atoms with Gasteiger partial charge in [0, 0.05) is 10.7 Å². The Morgan fingerprint density at radius 3 is 2.67 bits per heavy atom. The van der Waals surface area contributed by atoms with Gasteiger partial charge in [-0.3, -0.25) is 4.79 Å². The molecule has 3 N–H and O–H groups in total. The van der Waals surface area contributed by atoms with Crippen LogP contribution in [0.4, 0.5) is 5.69 Å². The first-order chi connectivity index (χ1) is 7.00. The summed E-state index contributed by atoms with van der Waals surface area (Å²) in [7, 11) is 0. The van der Waals surface area contributed by atoms with Crippen molar-refractivity contribution in [1.29, 1.82) is 0 Å². The Hall–Kier alpha value is -1.06. The minimum atomic E-state index is -0.496. The second kappa shape index (κ2) is 5.14. The van der Waals surface area contributed by atoms with Crippen LogP contribution in [0.15, 0.2) is 24.3 Å². The third-order valence-corrected chi connectivity index (χ3v) is 2.35. The maximum atomic E-state index is 11.6. The highest BCUT2D eigenvalue weighted by Crippen LogP contribution is 2.15. The molecule has 15 heavy (non-hydrogen) atoms. The van der Waals surface area contributed by atoms with E-state index in [2.05, 4.69) is 5.32 Å². The normalized spacial score (nSPS) is 12.6. The fraction of sp³-hybridized carbons (Fsp3) is 0.364. The lowest BCUT2D eigenvalue weighted by Gasteiger charge is -2.15. The molecular formula is C11H15ClN2O. The predicted octanol–water partition coefficient (Wildman–Crippen LogP) is 2.26. The summed E-state index contributed by atoms with van der Waals surface area (Å²) in [6.07, 6.45) is 0. The van der Waals surface area contributed by atoms with Crippen molar-refractivity contribution in [3.05, 3.63) is 29.3 Å². The smallest absolute Gasteiger partial charge is 0.241 e. The van der Waals surface area contributed by atoms with E-state index in [1.165, 1.54) is 0 Å². The maximum Gasteiger partial charge on any atom is 0.241 e. The van der Waals surface area contributed by atoms with Crippen LogP contribution in [0, 0.1) is 5.92 Å². The van der Waals surface area contributed by atoms with Crippen molar-refractivity contribution in [2.45, 2.75) is 19.9 Å². The van der Waals surface area contributed by atoms with Crippen molar-refractivity contribution >= 4 is 23.2 Å². The number of amides is 1. The molecule has 1 aromatic rings. The van der Waals surface area contributed by atoms with Gasteiger partial charge in [-0.25, -0.2) is 0 Å². The summed E-state index contributed by atoms with van der Waals surface area (Å²) in [6.45, 7) is 3.81. The Morgan fingerprint density at radius 2 is 2.13 bits per heavy atom. The summed E-state index contributed by atoms with van der Waals surface area (Å²) in [5.41, 5.74) is 6.37. The number of hydrogen-bond acceptors (Lipinski definition) is 2. The summed E-state index contributed by atoms with van der Waals surface area (Å²) < 4.78 is 0. The van der Waals surface area contributed by atoms with Crippen LogP contribution < -0.4 is 11.1 Å². The van der Waals surface area contributed by atoms with Crippen molar-refractivity contribution in [2.75, 3.05) is 5.32 Å². The molecule has 1 unspecified atom stereocenters. The number of rotatable bonds is 3. The van der Waals surface area contributed by atoms with Gasteiger partial charge in [0.15, 0.2) is 0 Å². The summed E-state index contributed by atoms with van der Waals surface area (Å²) in [6, 6.07) is 6.49. The molecule has 0 bridgehead atoms. The number of nitrogens with one attached hydrogen (secondary N) is 1. The van der Waals surface area contributed by atoms with Gasteiger partial charge in [0.2, 0.25) is 5.91 Å². The highest BCUT2D eigenvalue weighted by molar-refractivity contribution is 6.30. The zero-order chi connectivity index (χ0) is 11.4. The third kappa shape index (κ3) is 3.53. The Labute approximate surface area is 94.6 Å². The summed E-state index contributed by atoms with van der Waals surface area (Å²) >= 11 is 5.79. The molecule has 0 aliphatic carbocycles. The molecule has 82 valence electrons. The molecule has 1 atom stereocenters. The van der Waals surface area contributed by atoms with E-state index in [0.29, 0.717) is 10.7 Å².